The number of nitrogens with one attached hydrogen (secondary N) is 1. The second kappa shape index (κ2) is 8.95. The van der Waals surface area contributed by atoms with Gasteiger partial charge in [-0.2, -0.15) is 0 Å². The lowest BCUT2D eigenvalue weighted by Crippen LogP contribution is -2.21. The predicted molar refractivity (Wildman–Crippen MR) is 100 cm³/mol. The molecule has 0 aliphatic heterocycles. The summed E-state index contributed by atoms with van der Waals surface area (Å²) in [6, 6.07) is 12.5. The fourth-order valence-corrected chi connectivity index (χ4v) is 2.66. The van der Waals surface area contributed by atoms with Gasteiger partial charge < -0.3 is 14.8 Å². The summed E-state index contributed by atoms with van der Waals surface area (Å²) in [7, 11) is 0. The highest BCUT2D eigenvalue weighted by Crippen LogP contribution is 2.37. The Labute approximate surface area is 149 Å². The van der Waals surface area contributed by atoms with Gasteiger partial charge in [0.05, 0.1) is 11.6 Å². The highest BCUT2D eigenvalue weighted by molar-refractivity contribution is 6.32. The minimum atomic E-state index is 0.413. The van der Waals surface area contributed by atoms with E-state index < -0.39 is 0 Å². The average Bonchev–Trinajstić information content (AvgIpc) is 2.54. The van der Waals surface area contributed by atoms with Crippen LogP contribution < -0.4 is 14.8 Å². The fourth-order valence-electron chi connectivity index (χ4n) is 2.37. The molecule has 2 aromatic carbocycles. The van der Waals surface area contributed by atoms with Crippen LogP contribution >= 0.6 is 11.6 Å². The molecular formula is C20H26ClNO2. The zero-order chi connectivity index (χ0) is 17.5. The van der Waals surface area contributed by atoms with Crippen LogP contribution in [0.15, 0.2) is 36.4 Å². The lowest BCUT2D eigenvalue weighted by atomic mass is 10.1. The van der Waals surface area contributed by atoms with Crippen LogP contribution in [-0.4, -0.2) is 12.6 Å². The average molecular weight is 348 g/mol. The third kappa shape index (κ3) is 5.15. The molecule has 4 heteroatoms. The lowest BCUT2D eigenvalue weighted by molar-refractivity contribution is 0.268. The minimum Gasteiger partial charge on any atom is -0.490 e. The molecule has 2 rings (SSSR count). The molecule has 0 fully saturated rings. The SMILES string of the molecule is CCOc1cc(CNC(C)C)cc(Cl)c1OCc1ccccc1C. The summed E-state index contributed by atoms with van der Waals surface area (Å²) >= 11 is 6.46. The van der Waals surface area contributed by atoms with Crippen molar-refractivity contribution in [3.05, 3.63) is 58.1 Å². The number of ether oxygens (including phenoxy) is 2. The highest BCUT2D eigenvalue weighted by Gasteiger charge is 2.13. The van der Waals surface area contributed by atoms with E-state index in [4.69, 9.17) is 21.1 Å². The van der Waals surface area contributed by atoms with Gasteiger partial charge >= 0.3 is 0 Å². The normalized spacial score (nSPS) is 10.9. The molecule has 0 aromatic heterocycles. The third-order valence-corrected chi connectivity index (χ3v) is 4.00. The van der Waals surface area contributed by atoms with E-state index in [1.807, 2.05) is 31.2 Å². The number of hydrogen-bond acceptors (Lipinski definition) is 3. The second-order valence-electron chi connectivity index (χ2n) is 6.09. The van der Waals surface area contributed by atoms with Crippen LogP contribution in [0.3, 0.4) is 0 Å². The van der Waals surface area contributed by atoms with Crippen LogP contribution in [0.4, 0.5) is 0 Å². The van der Waals surface area contributed by atoms with Crippen molar-refractivity contribution in [3.63, 3.8) is 0 Å². The molecule has 24 heavy (non-hydrogen) atoms. The van der Waals surface area contributed by atoms with E-state index in [1.54, 1.807) is 0 Å². The van der Waals surface area contributed by atoms with Crippen LogP contribution in [0.1, 0.15) is 37.5 Å². The maximum atomic E-state index is 6.46. The van der Waals surface area contributed by atoms with Crippen molar-refractivity contribution >= 4 is 11.6 Å². The number of rotatable bonds is 8. The third-order valence-electron chi connectivity index (χ3n) is 3.72. The van der Waals surface area contributed by atoms with E-state index in [-0.39, 0.29) is 0 Å². The number of aryl methyl sites for hydroxylation is 1. The van der Waals surface area contributed by atoms with Gasteiger partial charge in [-0.25, -0.2) is 0 Å². The van der Waals surface area contributed by atoms with Crippen molar-refractivity contribution in [2.75, 3.05) is 6.61 Å². The molecule has 0 saturated carbocycles. The van der Waals surface area contributed by atoms with E-state index >= 15 is 0 Å². The minimum absolute atomic E-state index is 0.413. The van der Waals surface area contributed by atoms with Crippen LogP contribution in [0, 0.1) is 6.92 Å². The molecule has 1 N–H and O–H groups in total. The van der Waals surface area contributed by atoms with Gasteiger partial charge in [-0.05, 0) is 42.7 Å². The van der Waals surface area contributed by atoms with Gasteiger partial charge in [-0.3, -0.25) is 0 Å². The fraction of sp³-hybridized carbons (Fsp3) is 0.400. The summed E-state index contributed by atoms with van der Waals surface area (Å²) in [5, 5.41) is 3.97. The van der Waals surface area contributed by atoms with Crippen molar-refractivity contribution < 1.29 is 9.47 Å². The maximum absolute atomic E-state index is 6.46. The molecular weight excluding hydrogens is 322 g/mol. The van der Waals surface area contributed by atoms with Crippen molar-refractivity contribution in [2.45, 2.75) is 46.9 Å². The van der Waals surface area contributed by atoms with Crippen molar-refractivity contribution in [1.82, 2.24) is 5.32 Å². The Bertz CT molecular complexity index is 671. The molecule has 0 aliphatic rings. The second-order valence-corrected chi connectivity index (χ2v) is 6.50. The Morgan fingerprint density at radius 3 is 2.54 bits per heavy atom. The van der Waals surface area contributed by atoms with Gasteiger partial charge in [0.2, 0.25) is 0 Å². The molecule has 0 radical (unpaired) electrons. The van der Waals surface area contributed by atoms with Gasteiger partial charge in [0.15, 0.2) is 11.5 Å². The van der Waals surface area contributed by atoms with E-state index in [1.165, 1.54) is 5.56 Å². The summed E-state index contributed by atoms with van der Waals surface area (Å²) in [6.45, 7) is 10.0. The van der Waals surface area contributed by atoms with Crippen molar-refractivity contribution in [2.24, 2.45) is 0 Å². The highest BCUT2D eigenvalue weighted by atomic mass is 35.5. The summed E-state index contributed by atoms with van der Waals surface area (Å²) in [4.78, 5) is 0. The number of hydrogen-bond donors (Lipinski definition) is 1. The molecule has 0 spiro atoms. The number of benzene rings is 2. The lowest BCUT2D eigenvalue weighted by Gasteiger charge is -2.17. The first-order valence-electron chi connectivity index (χ1n) is 8.37. The van der Waals surface area contributed by atoms with Crippen LogP contribution in [0.2, 0.25) is 5.02 Å². The monoisotopic (exact) mass is 347 g/mol. The first kappa shape index (κ1) is 18.6. The van der Waals surface area contributed by atoms with Gasteiger partial charge in [-0.15, -0.1) is 0 Å². The standard InChI is InChI=1S/C20H26ClNO2/c1-5-23-19-11-16(12-22-14(2)3)10-18(21)20(19)24-13-17-9-7-6-8-15(17)4/h6-11,14,22H,5,12-13H2,1-4H3. The molecule has 3 nitrogen and oxygen atoms in total. The van der Waals surface area contributed by atoms with Gasteiger partial charge in [0, 0.05) is 12.6 Å². The molecule has 0 saturated heterocycles. The first-order valence-corrected chi connectivity index (χ1v) is 8.75. The Balaban J connectivity index is 2.19. The van der Waals surface area contributed by atoms with Crippen LogP contribution in [-0.2, 0) is 13.2 Å². The van der Waals surface area contributed by atoms with Crippen molar-refractivity contribution in [3.8, 4) is 11.5 Å². The predicted octanol–water partition coefficient (Wildman–Crippen LogP) is 5.12. The molecule has 0 unspecified atom stereocenters. The smallest absolute Gasteiger partial charge is 0.180 e. The van der Waals surface area contributed by atoms with E-state index in [0.717, 1.165) is 17.7 Å². The quantitative estimate of drug-likeness (QED) is 0.718. The molecule has 0 bridgehead atoms. The summed E-state index contributed by atoms with van der Waals surface area (Å²) in [6.07, 6.45) is 0. The molecule has 0 amide bonds. The largest absolute Gasteiger partial charge is 0.490 e. The number of halogens is 1. The molecule has 0 heterocycles. The topological polar surface area (TPSA) is 30.5 Å². The van der Waals surface area contributed by atoms with Crippen LogP contribution in [0.5, 0.6) is 11.5 Å². The molecule has 2 aromatic rings. The molecule has 0 aliphatic carbocycles. The summed E-state index contributed by atoms with van der Waals surface area (Å²) in [5.74, 6) is 1.30. The summed E-state index contributed by atoms with van der Waals surface area (Å²) in [5.41, 5.74) is 3.42. The Kier molecular flexibility index (Phi) is 6.95. The molecule has 130 valence electrons. The maximum Gasteiger partial charge on any atom is 0.180 e. The van der Waals surface area contributed by atoms with E-state index in [9.17, 15) is 0 Å². The Morgan fingerprint density at radius 1 is 1.12 bits per heavy atom. The van der Waals surface area contributed by atoms with Gasteiger partial charge in [-0.1, -0.05) is 49.7 Å². The van der Waals surface area contributed by atoms with Gasteiger partial charge in [0.1, 0.15) is 6.61 Å². The summed E-state index contributed by atoms with van der Waals surface area (Å²) < 4.78 is 11.7. The zero-order valence-corrected chi connectivity index (χ0v) is 15.6. The van der Waals surface area contributed by atoms with E-state index in [0.29, 0.717) is 35.8 Å². The van der Waals surface area contributed by atoms with E-state index in [2.05, 4.69) is 38.2 Å². The van der Waals surface area contributed by atoms with Crippen molar-refractivity contribution in [1.29, 1.82) is 0 Å². The Morgan fingerprint density at radius 2 is 1.88 bits per heavy atom. The zero-order valence-electron chi connectivity index (χ0n) is 14.9. The van der Waals surface area contributed by atoms with Gasteiger partial charge in [0.25, 0.3) is 0 Å². The Hall–Kier alpha value is -1.71. The van der Waals surface area contributed by atoms with Crippen LogP contribution in [0.25, 0.3) is 0 Å². The molecule has 0 atom stereocenters. The first-order chi connectivity index (χ1) is 11.5.